The molecule has 69 heavy (non-hydrogen) atoms. The molecule has 0 aliphatic heterocycles. The maximum absolute atomic E-state index is 5.61. The fraction of sp³-hybridized carbons (Fsp3) is 0. The van der Waals surface area contributed by atoms with Crippen LogP contribution in [0.5, 0.6) is 0 Å². The van der Waals surface area contributed by atoms with Crippen LogP contribution in [-0.2, 0) is 0 Å². The molecular weight excluding hydrogens is 841 g/mol. The van der Waals surface area contributed by atoms with Gasteiger partial charge in [-0.1, -0.05) is 200 Å². The van der Waals surface area contributed by atoms with Gasteiger partial charge in [-0.25, -0.2) is 4.98 Å². The molecule has 0 saturated heterocycles. The van der Waals surface area contributed by atoms with E-state index >= 15 is 0 Å². The minimum Gasteiger partial charge on any atom is -0.309 e. The summed E-state index contributed by atoms with van der Waals surface area (Å²) < 4.78 is 7.09. The fourth-order valence-corrected chi connectivity index (χ4v) is 10.7. The molecule has 0 N–H and O–H groups in total. The van der Waals surface area contributed by atoms with Crippen LogP contribution in [0.1, 0.15) is 0 Å². The lowest BCUT2D eigenvalue weighted by Crippen LogP contribution is -2.08. The van der Waals surface area contributed by atoms with Crippen molar-refractivity contribution in [1.29, 1.82) is 0 Å². The standard InChI is InChI=1S/C63H40N6/c1-4-19-41(20-5-1)42-35-37-43(38-36-42)46-25-10-14-31-54(46)68-56-33-16-12-27-48(56)51-39-40-52-49-28-13-17-34-57(49)69(60(52)59(51)68)63-65-61(44-21-6-2-7-22-44)64-62(66-63)53-30-18-29-50-47-26-11-15-32-55(47)67(58(50)53)45-23-8-3-9-24-45/h1-40H. The molecule has 0 bridgehead atoms. The van der Waals surface area contributed by atoms with Gasteiger partial charge in [0.1, 0.15) is 0 Å². The van der Waals surface area contributed by atoms with Gasteiger partial charge in [-0.15, -0.1) is 0 Å². The number of nitrogens with zero attached hydrogens (tertiary/aromatic N) is 6. The molecule has 4 heterocycles. The molecule has 322 valence electrons. The second-order valence-corrected chi connectivity index (χ2v) is 17.6. The Morgan fingerprint density at radius 2 is 0.696 bits per heavy atom. The SMILES string of the molecule is c1ccc(-c2ccc(-c3ccccc3-n3c4ccccc4c4ccc5c6ccccc6n(-c6nc(-c7ccccc7)nc(-c7cccc8c9ccccc9n(-c9ccccc9)c78)n6)c5c43)cc2)cc1. The topological polar surface area (TPSA) is 53.5 Å². The van der Waals surface area contributed by atoms with Crippen molar-refractivity contribution in [2.45, 2.75) is 0 Å². The van der Waals surface area contributed by atoms with Gasteiger partial charge in [0.25, 0.3) is 0 Å². The monoisotopic (exact) mass is 880 g/mol. The predicted octanol–water partition coefficient (Wildman–Crippen LogP) is 15.8. The smallest absolute Gasteiger partial charge is 0.238 e. The van der Waals surface area contributed by atoms with Crippen molar-refractivity contribution >= 4 is 65.4 Å². The lowest BCUT2D eigenvalue weighted by atomic mass is 9.99. The largest absolute Gasteiger partial charge is 0.309 e. The van der Waals surface area contributed by atoms with Crippen molar-refractivity contribution in [3.05, 3.63) is 243 Å². The zero-order valence-electron chi connectivity index (χ0n) is 37.3. The molecule has 10 aromatic carbocycles. The summed E-state index contributed by atoms with van der Waals surface area (Å²) in [4.78, 5) is 16.4. The van der Waals surface area contributed by atoms with E-state index in [-0.39, 0.29) is 0 Å². The Balaban J connectivity index is 1.08. The first-order valence-electron chi connectivity index (χ1n) is 23.4. The zero-order valence-corrected chi connectivity index (χ0v) is 37.3. The van der Waals surface area contributed by atoms with Crippen molar-refractivity contribution < 1.29 is 0 Å². The Kier molecular flexibility index (Phi) is 8.79. The molecule has 0 aliphatic rings. The molecule has 0 aliphatic carbocycles. The number of hydrogen-bond donors (Lipinski definition) is 0. The van der Waals surface area contributed by atoms with Crippen molar-refractivity contribution in [3.63, 3.8) is 0 Å². The quantitative estimate of drug-likeness (QED) is 0.160. The van der Waals surface area contributed by atoms with Crippen LogP contribution in [-0.4, -0.2) is 28.7 Å². The number of para-hydroxylation sites is 6. The Morgan fingerprint density at radius 1 is 0.246 bits per heavy atom. The van der Waals surface area contributed by atoms with Crippen LogP contribution in [0.2, 0.25) is 0 Å². The summed E-state index contributed by atoms with van der Waals surface area (Å²) in [7, 11) is 0. The molecule has 4 aromatic heterocycles. The second-order valence-electron chi connectivity index (χ2n) is 17.6. The lowest BCUT2D eigenvalue weighted by molar-refractivity contribution is 0.953. The van der Waals surface area contributed by atoms with Gasteiger partial charge in [-0.2, -0.15) is 9.97 Å². The van der Waals surface area contributed by atoms with Crippen LogP contribution in [0.25, 0.3) is 128 Å². The molecule has 0 spiro atoms. The van der Waals surface area contributed by atoms with Crippen LogP contribution in [0, 0.1) is 0 Å². The van der Waals surface area contributed by atoms with Crippen molar-refractivity contribution in [2.24, 2.45) is 0 Å². The minimum absolute atomic E-state index is 0.540. The molecule has 14 rings (SSSR count). The highest BCUT2D eigenvalue weighted by Gasteiger charge is 2.26. The highest BCUT2D eigenvalue weighted by Crippen LogP contribution is 2.44. The Bertz CT molecular complexity index is 4280. The summed E-state index contributed by atoms with van der Waals surface area (Å²) in [5, 5.41) is 6.84. The number of fused-ring (bicyclic) bond motifs is 10. The Labute approximate surface area is 397 Å². The summed E-state index contributed by atoms with van der Waals surface area (Å²) in [5.41, 5.74) is 15.0. The van der Waals surface area contributed by atoms with Crippen LogP contribution in [0.4, 0.5) is 0 Å². The molecule has 0 saturated carbocycles. The van der Waals surface area contributed by atoms with E-state index in [1.54, 1.807) is 0 Å². The second kappa shape index (κ2) is 15.6. The first-order valence-corrected chi connectivity index (χ1v) is 23.4. The van der Waals surface area contributed by atoms with E-state index in [0.717, 1.165) is 88.3 Å². The van der Waals surface area contributed by atoms with E-state index in [1.807, 2.05) is 18.2 Å². The van der Waals surface area contributed by atoms with E-state index < -0.39 is 0 Å². The highest BCUT2D eigenvalue weighted by molar-refractivity contribution is 6.24. The molecule has 14 aromatic rings. The molecule has 6 heteroatoms. The first kappa shape index (κ1) is 38.8. The van der Waals surface area contributed by atoms with Gasteiger partial charge < -0.3 is 9.13 Å². The number of benzene rings is 10. The third kappa shape index (κ3) is 6.09. The summed E-state index contributed by atoms with van der Waals surface area (Å²) in [6, 6.07) is 86.2. The van der Waals surface area contributed by atoms with E-state index in [4.69, 9.17) is 15.0 Å². The van der Waals surface area contributed by atoms with E-state index in [0.29, 0.717) is 17.6 Å². The summed E-state index contributed by atoms with van der Waals surface area (Å²) in [6.45, 7) is 0. The third-order valence-corrected chi connectivity index (χ3v) is 13.7. The lowest BCUT2D eigenvalue weighted by Gasteiger charge is -2.16. The molecule has 6 nitrogen and oxygen atoms in total. The van der Waals surface area contributed by atoms with Crippen molar-refractivity contribution in [1.82, 2.24) is 28.7 Å². The number of aromatic nitrogens is 6. The molecular formula is C63H40N6. The maximum Gasteiger partial charge on any atom is 0.238 e. The van der Waals surface area contributed by atoms with Gasteiger partial charge in [0, 0.05) is 54.7 Å². The average Bonchev–Trinajstić information content (AvgIpc) is 4.08. The highest BCUT2D eigenvalue weighted by atomic mass is 15.2. The van der Waals surface area contributed by atoms with Crippen molar-refractivity contribution in [2.75, 3.05) is 0 Å². The molecule has 0 unspecified atom stereocenters. The Hall–Kier alpha value is -9.39. The average molecular weight is 881 g/mol. The zero-order chi connectivity index (χ0) is 45.4. The Morgan fingerprint density at radius 3 is 1.36 bits per heavy atom. The number of rotatable bonds is 7. The molecule has 0 fully saturated rings. The predicted molar refractivity (Wildman–Crippen MR) is 285 cm³/mol. The molecule has 0 atom stereocenters. The molecule has 0 radical (unpaired) electrons. The van der Waals surface area contributed by atoms with Crippen LogP contribution in [0.15, 0.2) is 243 Å². The normalized spacial score (nSPS) is 11.8. The maximum atomic E-state index is 5.61. The summed E-state index contributed by atoms with van der Waals surface area (Å²) in [6.07, 6.45) is 0. The van der Waals surface area contributed by atoms with E-state index in [1.165, 1.54) is 21.9 Å². The van der Waals surface area contributed by atoms with Gasteiger partial charge in [0.2, 0.25) is 5.95 Å². The van der Waals surface area contributed by atoms with Gasteiger partial charge in [-0.05, 0) is 59.2 Å². The molecule has 0 amide bonds. The van der Waals surface area contributed by atoms with Gasteiger partial charge >= 0.3 is 0 Å². The summed E-state index contributed by atoms with van der Waals surface area (Å²) >= 11 is 0. The van der Waals surface area contributed by atoms with Crippen LogP contribution >= 0.6 is 0 Å². The minimum atomic E-state index is 0.540. The van der Waals surface area contributed by atoms with E-state index in [2.05, 4.69) is 238 Å². The van der Waals surface area contributed by atoms with Crippen LogP contribution < -0.4 is 0 Å². The first-order chi connectivity index (χ1) is 34.3. The fourth-order valence-electron chi connectivity index (χ4n) is 10.7. The van der Waals surface area contributed by atoms with Gasteiger partial charge in [0.05, 0.1) is 38.8 Å². The summed E-state index contributed by atoms with van der Waals surface area (Å²) in [5.74, 6) is 1.73. The van der Waals surface area contributed by atoms with E-state index in [9.17, 15) is 0 Å². The number of hydrogen-bond acceptors (Lipinski definition) is 3. The third-order valence-electron chi connectivity index (χ3n) is 13.7. The van der Waals surface area contributed by atoms with Gasteiger partial charge in [0.15, 0.2) is 11.6 Å². The van der Waals surface area contributed by atoms with Gasteiger partial charge in [-0.3, -0.25) is 4.57 Å². The van der Waals surface area contributed by atoms with Crippen molar-refractivity contribution in [3.8, 4) is 62.4 Å². The van der Waals surface area contributed by atoms with Crippen LogP contribution in [0.3, 0.4) is 0 Å².